The summed E-state index contributed by atoms with van der Waals surface area (Å²) in [6.45, 7) is 1.24. The maximum Gasteiger partial charge on any atom is 0.323 e. The number of aliphatic carboxylic acids is 3. The Labute approximate surface area is 314 Å². The number of carbonyl (C=O) groups excluding carboxylic acids is 2. The van der Waals surface area contributed by atoms with Crippen molar-refractivity contribution in [2.75, 3.05) is 35.2 Å². The lowest BCUT2D eigenvalue weighted by Crippen LogP contribution is -2.35. The summed E-state index contributed by atoms with van der Waals surface area (Å²) < 4.78 is 32.9. The number of nitrogens with zero attached hydrogens (tertiary/aromatic N) is 5. The molecule has 282 valence electrons. The Kier molecular flexibility index (Phi) is 11.4. The van der Waals surface area contributed by atoms with Crippen LogP contribution in [0, 0.1) is 16.1 Å². The molecule has 1 fully saturated rings. The Bertz CT molecular complexity index is 2590. The molecule has 3 aromatic rings. The first-order valence-electron chi connectivity index (χ1n) is 15.2. The second-order valence-electron chi connectivity index (χ2n) is 11.4. The first kappa shape index (κ1) is 39.5. The number of halogens is 1. The van der Waals surface area contributed by atoms with Crippen molar-refractivity contribution in [2.24, 2.45) is 0 Å². The molecule has 0 aliphatic carbocycles. The summed E-state index contributed by atoms with van der Waals surface area (Å²) in [5.41, 5.74) is 0.224. The topological polar surface area (TPSA) is 254 Å². The summed E-state index contributed by atoms with van der Waals surface area (Å²) in [6, 6.07) is 3.53. The Morgan fingerprint density at radius 1 is 0.830 bits per heavy atom. The zero-order valence-corrected chi connectivity index (χ0v) is 31.5. The van der Waals surface area contributed by atoms with E-state index in [1.807, 2.05) is 11.8 Å². The predicted octanol–water partition coefficient (Wildman–Crippen LogP) is 0.686. The molecule has 0 bridgehead atoms. The highest BCUT2D eigenvalue weighted by Gasteiger charge is 2.38. The van der Waals surface area contributed by atoms with E-state index in [1.165, 1.54) is 12.2 Å². The molecule has 2 amide bonds. The van der Waals surface area contributed by atoms with Crippen LogP contribution in [0.4, 0.5) is 16.2 Å². The highest BCUT2D eigenvalue weighted by atomic mass is 35.5. The first-order valence-corrected chi connectivity index (χ1v) is 19.7. The molecule has 18 nitrogen and oxygen atoms in total. The van der Waals surface area contributed by atoms with Crippen LogP contribution in [-0.4, -0.2) is 96.8 Å². The number of carboxylic acids is 3. The fourth-order valence-corrected chi connectivity index (χ4v) is 9.54. The normalized spacial score (nSPS) is 17.4. The number of aromatic nitrogens is 2. The molecular formula is C30H28ClN5O13S4. The summed E-state index contributed by atoms with van der Waals surface area (Å²) in [5.74, 6) is -5.59. The van der Waals surface area contributed by atoms with E-state index in [-0.39, 0.29) is 31.4 Å². The number of carboxylic acid groups (broad SMARTS) is 3. The molecule has 4 N–H and O–H groups in total. The van der Waals surface area contributed by atoms with Crippen molar-refractivity contribution in [2.45, 2.75) is 33.4 Å². The largest absolute Gasteiger partial charge is 0.480 e. The monoisotopic (exact) mass is 829 g/mol. The van der Waals surface area contributed by atoms with Crippen LogP contribution in [-0.2, 0) is 42.4 Å². The number of thioether (sulfide) groups is 1. The maximum atomic E-state index is 13.8. The van der Waals surface area contributed by atoms with E-state index in [1.54, 1.807) is 24.0 Å². The van der Waals surface area contributed by atoms with Gasteiger partial charge in [-0.1, -0.05) is 11.6 Å². The number of amides is 2. The number of carbonyl (C=O) groups is 5. The molecule has 4 heterocycles. The van der Waals surface area contributed by atoms with Gasteiger partial charge in [0, 0.05) is 18.1 Å². The second kappa shape index (κ2) is 15.3. The van der Waals surface area contributed by atoms with E-state index < -0.39 is 80.6 Å². The SMILES string of the molecule is CCN1C(=CC=c2s/c(=c3/s/c(=C4/SC(=O)N(CC(=O)O)C4=O)n(CC(=O)O)c3=O)n(CC(=O)O)c2=O)N(CCCS(=O)(=O)O)c2cc(C)c(Cl)cc21. The van der Waals surface area contributed by atoms with Crippen molar-refractivity contribution in [3.63, 3.8) is 0 Å². The van der Waals surface area contributed by atoms with Gasteiger partial charge >= 0.3 is 17.9 Å². The van der Waals surface area contributed by atoms with Crippen molar-refractivity contribution >= 4 is 108 Å². The number of thiazole rings is 2. The lowest BCUT2D eigenvalue weighted by Gasteiger charge is -2.24. The molecule has 23 heteroatoms. The van der Waals surface area contributed by atoms with Crippen molar-refractivity contribution in [1.29, 1.82) is 0 Å². The number of imide groups is 1. The van der Waals surface area contributed by atoms with Crippen LogP contribution in [0.2, 0.25) is 5.02 Å². The molecule has 0 unspecified atom stereocenters. The van der Waals surface area contributed by atoms with Gasteiger partial charge in [0.15, 0.2) is 0 Å². The van der Waals surface area contributed by atoms with Crippen molar-refractivity contribution in [1.82, 2.24) is 14.0 Å². The fraction of sp³-hybridized carbons (Fsp3) is 0.300. The Morgan fingerprint density at radius 2 is 1.43 bits per heavy atom. The van der Waals surface area contributed by atoms with Gasteiger partial charge < -0.3 is 25.1 Å². The molecule has 0 radical (unpaired) electrons. The number of hydrogen-bond acceptors (Lipinski definition) is 14. The highest BCUT2D eigenvalue weighted by molar-refractivity contribution is 8.23. The Hall–Kier alpha value is -4.74. The first-order chi connectivity index (χ1) is 24.8. The van der Waals surface area contributed by atoms with E-state index >= 15 is 0 Å². The zero-order valence-electron chi connectivity index (χ0n) is 27.5. The fourth-order valence-electron chi connectivity index (χ4n) is 5.56. The average Bonchev–Trinajstić information content (AvgIpc) is 3.71. The van der Waals surface area contributed by atoms with Gasteiger partial charge in [-0.05, 0) is 61.9 Å². The summed E-state index contributed by atoms with van der Waals surface area (Å²) in [7, 11) is -4.28. The molecule has 0 spiro atoms. The molecule has 0 atom stereocenters. The van der Waals surface area contributed by atoms with Crippen LogP contribution < -0.4 is 30.1 Å². The summed E-state index contributed by atoms with van der Waals surface area (Å²) in [4.78, 5) is 91.6. The molecule has 1 aromatic carbocycles. The van der Waals surface area contributed by atoms with Gasteiger partial charge in [0.25, 0.3) is 32.4 Å². The number of allylic oxidation sites excluding steroid dienone is 1. The standard InChI is InChI=1S/C30H28ClN5O13S4/c1-3-32-17-10-15(31)14(2)9-16(17)33(7-4-8-53(47,48)49)19(32)6-5-18-25(43)34(11-20(37)38)28(50-18)23-26(44)35(12-21(39)40)29(51-23)24-27(45)36(13-22(41)42)30(46)52-24/h5-6,9-10H,3-4,7-8,11-13H2,1-2H3,(H,37,38)(H,39,40)(H,41,42)(H,47,48,49)/b18-5?,19-6?,28-23+,29-24+. The molecule has 53 heavy (non-hydrogen) atoms. The number of anilines is 2. The number of benzene rings is 1. The minimum atomic E-state index is -4.28. The average molecular weight is 830 g/mol. The number of rotatable bonds is 12. The molecule has 2 aliphatic heterocycles. The van der Waals surface area contributed by atoms with E-state index in [0.717, 1.165) is 10.1 Å². The molecular weight excluding hydrogens is 802 g/mol. The van der Waals surface area contributed by atoms with Crippen molar-refractivity contribution in [3.8, 4) is 0 Å². The van der Waals surface area contributed by atoms with E-state index in [0.29, 0.717) is 72.7 Å². The van der Waals surface area contributed by atoms with Crippen LogP contribution in [0.15, 0.2) is 33.6 Å². The predicted molar refractivity (Wildman–Crippen MR) is 195 cm³/mol. The van der Waals surface area contributed by atoms with Gasteiger partial charge in [-0.3, -0.25) is 52.1 Å². The van der Waals surface area contributed by atoms with Gasteiger partial charge in [0.2, 0.25) is 0 Å². The minimum Gasteiger partial charge on any atom is -0.480 e. The van der Waals surface area contributed by atoms with Crippen LogP contribution in [0.1, 0.15) is 18.9 Å². The lowest BCUT2D eigenvalue weighted by atomic mass is 10.2. The molecule has 0 saturated carbocycles. The summed E-state index contributed by atoms with van der Waals surface area (Å²) >= 11 is 7.96. The van der Waals surface area contributed by atoms with E-state index in [9.17, 15) is 56.7 Å². The van der Waals surface area contributed by atoms with Gasteiger partial charge in [0.1, 0.15) is 44.2 Å². The van der Waals surface area contributed by atoms with Crippen LogP contribution >= 0.6 is 46.0 Å². The summed E-state index contributed by atoms with van der Waals surface area (Å²) in [5, 5.41) is 27.9. The lowest BCUT2D eigenvalue weighted by molar-refractivity contribution is -0.140. The number of hydrogen-bond donors (Lipinski definition) is 4. The minimum absolute atomic E-state index is 0.0200. The quantitative estimate of drug-likeness (QED) is 0.183. The zero-order chi connectivity index (χ0) is 39.1. The smallest absolute Gasteiger partial charge is 0.323 e. The maximum absolute atomic E-state index is 13.8. The Balaban J connectivity index is 1.78. The number of aryl methyl sites for hydroxylation is 1. The van der Waals surface area contributed by atoms with Gasteiger partial charge in [-0.2, -0.15) is 8.42 Å². The molecule has 2 aliphatic rings. The molecule has 5 rings (SSSR count). The third-order valence-corrected chi connectivity index (χ3v) is 12.6. The Morgan fingerprint density at radius 3 is 2.02 bits per heavy atom. The van der Waals surface area contributed by atoms with Crippen LogP contribution in [0.5, 0.6) is 0 Å². The number of fused-ring (bicyclic) bond motifs is 1. The second-order valence-corrected chi connectivity index (χ2v) is 16.3. The third kappa shape index (κ3) is 8.11. The van der Waals surface area contributed by atoms with E-state index in [2.05, 4.69) is 0 Å². The van der Waals surface area contributed by atoms with Crippen molar-refractivity contribution in [3.05, 3.63) is 73.7 Å². The summed E-state index contributed by atoms with van der Waals surface area (Å²) in [6.07, 6.45) is 2.93. The van der Waals surface area contributed by atoms with E-state index in [4.69, 9.17) is 16.7 Å². The van der Waals surface area contributed by atoms with Gasteiger partial charge in [0.05, 0.1) is 21.7 Å². The van der Waals surface area contributed by atoms with Gasteiger partial charge in [-0.25, -0.2) is 0 Å². The highest BCUT2D eigenvalue weighted by Crippen LogP contribution is 2.44. The third-order valence-electron chi connectivity index (χ3n) is 7.78. The van der Waals surface area contributed by atoms with Crippen LogP contribution in [0.25, 0.3) is 11.0 Å². The van der Waals surface area contributed by atoms with Crippen molar-refractivity contribution < 1.29 is 52.3 Å². The molecule has 1 saturated heterocycles. The van der Waals surface area contributed by atoms with Gasteiger partial charge in [-0.15, -0.1) is 22.7 Å². The van der Waals surface area contributed by atoms with Crippen LogP contribution in [0.3, 0.4) is 0 Å². The molecule has 2 aromatic heterocycles.